The first-order chi connectivity index (χ1) is 10.1. The van der Waals surface area contributed by atoms with Gasteiger partial charge in [0, 0.05) is 10.9 Å². The Labute approximate surface area is 125 Å². The first kappa shape index (κ1) is 13.5. The molecule has 3 aromatic rings. The summed E-state index contributed by atoms with van der Waals surface area (Å²) in [5, 5.41) is 5.16. The molecular formula is C15H13N3O2S. The lowest BCUT2D eigenvalue weighted by molar-refractivity contribution is 0.102. The lowest BCUT2D eigenvalue weighted by Gasteiger charge is -1.97. The number of rotatable bonds is 3. The first-order valence-electron chi connectivity index (χ1n) is 6.40. The maximum Gasteiger partial charge on any atom is 0.279 e. The molecule has 0 aliphatic rings. The van der Waals surface area contributed by atoms with Gasteiger partial charge in [-0.2, -0.15) is 0 Å². The molecule has 1 N–H and O–H groups in total. The average molecular weight is 299 g/mol. The molecule has 0 aliphatic heterocycles. The summed E-state index contributed by atoms with van der Waals surface area (Å²) in [6.07, 6.45) is 0. The third-order valence-electron chi connectivity index (χ3n) is 2.87. The van der Waals surface area contributed by atoms with Crippen LogP contribution in [0.25, 0.3) is 11.5 Å². The van der Waals surface area contributed by atoms with Crippen molar-refractivity contribution in [2.75, 3.05) is 5.32 Å². The molecule has 0 radical (unpaired) electrons. The topological polar surface area (TPSA) is 68.0 Å². The van der Waals surface area contributed by atoms with Gasteiger partial charge in [0.25, 0.3) is 5.91 Å². The number of anilines is 1. The summed E-state index contributed by atoms with van der Waals surface area (Å²) >= 11 is 1.38. The molecule has 0 atom stereocenters. The van der Waals surface area contributed by atoms with Gasteiger partial charge in [0.2, 0.25) is 5.89 Å². The van der Waals surface area contributed by atoms with Gasteiger partial charge in [-0.25, -0.2) is 9.97 Å². The maximum atomic E-state index is 12.2. The summed E-state index contributed by atoms with van der Waals surface area (Å²) in [6, 6.07) is 9.48. The van der Waals surface area contributed by atoms with E-state index in [0.29, 0.717) is 16.8 Å². The maximum absolute atomic E-state index is 12.2. The van der Waals surface area contributed by atoms with Gasteiger partial charge in [0.05, 0.1) is 5.69 Å². The molecule has 1 aromatic carbocycles. The fourth-order valence-electron chi connectivity index (χ4n) is 1.88. The highest BCUT2D eigenvalue weighted by molar-refractivity contribution is 7.13. The van der Waals surface area contributed by atoms with Crippen LogP contribution in [0.15, 0.2) is 40.1 Å². The highest BCUT2D eigenvalue weighted by atomic mass is 32.1. The number of carbonyl (C=O) groups is 1. The number of aryl methyl sites for hydroxylation is 2. The summed E-state index contributed by atoms with van der Waals surface area (Å²) in [5.41, 5.74) is 1.99. The quantitative estimate of drug-likeness (QED) is 0.801. The fraction of sp³-hybridized carbons (Fsp3) is 0.133. The van der Waals surface area contributed by atoms with Crippen molar-refractivity contribution in [2.45, 2.75) is 13.8 Å². The monoisotopic (exact) mass is 299 g/mol. The van der Waals surface area contributed by atoms with Crippen molar-refractivity contribution in [1.29, 1.82) is 0 Å². The van der Waals surface area contributed by atoms with Crippen LogP contribution in [0.1, 0.15) is 21.9 Å². The molecule has 0 spiro atoms. The Balaban J connectivity index is 1.86. The molecule has 2 heterocycles. The Morgan fingerprint density at radius 1 is 1.19 bits per heavy atom. The molecule has 6 heteroatoms. The third kappa shape index (κ3) is 2.85. The van der Waals surface area contributed by atoms with Gasteiger partial charge >= 0.3 is 0 Å². The SMILES string of the molecule is Cc1csc(NC(=O)c2nc(-c3ccccc3)oc2C)n1. The van der Waals surface area contributed by atoms with E-state index in [2.05, 4.69) is 15.3 Å². The van der Waals surface area contributed by atoms with Gasteiger partial charge in [-0.15, -0.1) is 11.3 Å². The molecule has 1 amide bonds. The predicted octanol–water partition coefficient (Wildman–Crippen LogP) is 3.67. The van der Waals surface area contributed by atoms with Crippen molar-refractivity contribution in [3.05, 3.63) is 52.9 Å². The zero-order valence-corrected chi connectivity index (χ0v) is 12.4. The number of aromatic nitrogens is 2. The number of amides is 1. The minimum atomic E-state index is -0.312. The second kappa shape index (κ2) is 5.49. The van der Waals surface area contributed by atoms with E-state index in [1.165, 1.54) is 11.3 Å². The lowest BCUT2D eigenvalue weighted by Crippen LogP contribution is -2.13. The number of oxazole rings is 1. The number of thiazole rings is 1. The van der Waals surface area contributed by atoms with Crippen molar-refractivity contribution >= 4 is 22.4 Å². The van der Waals surface area contributed by atoms with E-state index < -0.39 is 0 Å². The molecule has 2 aromatic heterocycles. The normalized spacial score (nSPS) is 10.6. The van der Waals surface area contributed by atoms with Gasteiger partial charge in [-0.1, -0.05) is 18.2 Å². The van der Waals surface area contributed by atoms with Crippen LogP contribution in [-0.4, -0.2) is 15.9 Å². The second-order valence-corrected chi connectivity index (χ2v) is 5.40. The standard InChI is InChI=1S/C15H13N3O2S/c1-9-8-21-15(16-9)18-13(19)12-10(2)20-14(17-12)11-6-4-3-5-7-11/h3-8H,1-2H3,(H,16,18,19). The van der Waals surface area contributed by atoms with E-state index in [0.717, 1.165) is 11.3 Å². The number of carbonyl (C=O) groups excluding carboxylic acids is 1. The van der Waals surface area contributed by atoms with E-state index in [4.69, 9.17) is 4.42 Å². The lowest BCUT2D eigenvalue weighted by atomic mass is 10.2. The summed E-state index contributed by atoms with van der Waals surface area (Å²) < 4.78 is 5.58. The van der Waals surface area contributed by atoms with Crippen molar-refractivity contribution in [3.63, 3.8) is 0 Å². The molecule has 3 rings (SSSR count). The van der Waals surface area contributed by atoms with Crippen molar-refractivity contribution < 1.29 is 9.21 Å². The Kier molecular flexibility index (Phi) is 3.53. The molecule has 0 fully saturated rings. The summed E-state index contributed by atoms with van der Waals surface area (Å²) in [5.74, 6) is 0.612. The summed E-state index contributed by atoms with van der Waals surface area (Å²) in [6.45, 7) is 3.60. The highest BCUT2D eigenvalue weighted by Crippen LogP contribution is 2.22. The molecule has 0 saturated carbocycles. The van der Waals surface area contributed by atoms with Gasteiger partial charge in [0.15, 0.2) is 10.8 Å². The van der Waals surface area contributed by atoms with Crippen molar-refractivity contribution in [3.8, 4) is 11.5 Å². The minimum Gasteiger partial charge on any atom is -0.441 e. The number of nitrogens with zero attached hydrogens (tertiary/aromatic N) is 2. The third-order valence-corrected chi connectivity index (χ3v) is 3.75. The molecule has 21 heavy (non-hydrogen) atoms. The van der Waals surface area contributed by atoms with Crippen LogP contribution in [0, 0.1) is 13.8 Å². The Bertz CT molecular complexity index is 777. The van der Waals surface area contributed by atoms with E-state index in [1.54, 1.807) is 6.92 Å². The molecule has 106 valence electrons. The van der Waals surface area contributed by atoms with E-state index >= 15 is 0 Å². The fourth-order valence-corrected chi connectivity index (χ4v) is 2.56. The van der Waals surface area contributed by atoms with Crippen LogP contribution in [-0.2, 0) is 0 Å². The van der Waals surface area contributed by atoms with Crippen molar-refractivity contribution in [2.24, 2.45) is 0 Å². The number of hydrogen-bond donors (Lipinski definition) is 1. The molecule has 0 unspecified atom stereocenters. The largest absolute Gasteiger partial charge is 0.441 e. The van der Waals surface area contributed by atoms with Crippen LogP contribution in [0.5, 0.6) is 0 Å². The van der Waals surface area contributed by atoms with Crippen molar-refractivity contribution in [1.82, 2.24) is 9.97 Å². The van der Waals surface area contributed by atoms with Crippen LogP contribution >= 0.6 is 11.3 Å². The van der Waals surface area contributed by atoms with E-state index in [-0.39, 0.29) is 11.6 Å². The van der Waals surface area contributed by atoms with Gasteiger partial charge in [-0.3, -0.25) is 10.1 Å². The van der Waals surface area contributed by atoms with Crippen LogP contribution in [0.4, 0.5) is 5.13 Å². The number of hydrogen-bond acceptors (Lipinski definition) is 5. The molecule has 0 bridgehead atoms. The Morgan fingerprint density at radius 2 is 1.95 bits per heavy atom. The van der Waals surface area contributed by atoms with Crippen LogP contribution < -0.4 is 5.32 Å². The Hall–Kier alpha value is -2.47. The first-order valence-corrected chi connectivity index (χ1v) is 7.28. The predicted molar refractivity (Wildman–Crippen MR) is 81.5 cm³/mol. The van der Waals surface area contributed by atoms with Crippen LogP contribution in [0.2, 0.25) is 0 Å². The molecular weight excluding hydrogens is 286 g/mol. The molecule has 0 aliphatic carbocycles. The smallest absolute Gasteiger partial charge is 0.279 e. The Morgan fingerprint density at radius 3 is 2.62 bits per heavy atom. The van der Waals surface area contributed by atoms with Gasteiger partial charge in [0.1, 0.15) is 5.76 Å². The second-order valence-electron chi connectivity index (χ2n) is 4.54. The van der Waals surface area contributed by atoms with E-state index in [9.17, 15) is 4.79 Å². The number of benzene rings is 1. The average Bonchev–Trinajstić information content (AvgIpc) is 3.06. The molecule has 5 nitrogen and oxygen atoms in total. The summed E-state index contributed by atoms with van der Waals surface area (Å²) in [4.78, 5) is 20.7. The highest BCUT2D eigenvalue weighted by Gasteiger charge is 2.18. The minimum absolute atomic E-state index is 0.279. The van der Waals surface area contributed by atoms with Gasteiger partial charge < -0.3 is 4.42 Å². The van der Waals surface area contributed by atoms with E-state index in [1.807, 2.05) is 42.6 Å². The van der Waals surface area contributed by atoms with Gasteiger partial charge in [-0.05, 0) is 26.0 Å². The van der Waals surface area contributed by atoms with Crippen LogP contribution in [0.3, 0.4) is 0 Å². The summed E-state index contributed by atoms with van der Waals surface area (Å²) in [7, 11) is 0. The molecule has 0 saturated heterocycles. The zero-order chi connectivity index (χ0) is 14.8. The zero-order valence-electron chi connectivity index (χ0n) is 11.6. The number of nitrogens with one attached hydrogen (secondary N) is 1.